The molecule has 0 saturated carbocycles. The lowest BCUT2D eigenvalue weighted by atomic mass is 10.1. The third kappa shape index (κ3) is 5.36. The van der Waals surface area contributed by atoms with Crippen molar-refractivity contribution < 1.29 is 9.90 Å². The Hall–Kier alpha value is -3.04. The number of hydrogen-bond acceptors (Lipinski definition) is 8. The molecular formula is C22H26N6O2S. The summed E-state index contributed by atoms with van der Waals surface area (Å²) >= 11 is 1.73. The standard InChI is InChI=1S/C22H26N6O2S/c1-2-5-24-22(30)20-3-4-21(26-25-20)28-8-6-27(7-9-28)14-19-11-17(15-31-19)16-10-18(29)13-23-12-16/h3-4,10-13,15,29H,2,5-9,14H2,1H3,(H,24,30). The Labute approximate surface area is 185 Å². The summed E-state index contributed by atoms with van der Waals surface area (Å²) in [6.07, 6.45) is 4.10. The van der Waals surface area contributed by atoms with Crippen LogP contribution < -0.4 is 10.2 Å². The van der Waals surface area contributed by atoms with Crippen LogP contribution in [0.25, 0.3) is 11.1 Å². The van der Waals surface area contributed by atoms with Crippen LogP contribution in [0, 0.1) is 0 Å². The van der Waals surface area contributed by atoms with Gasteiger partial charge >= 0.3 is 0 Å². The first-order chi connectivity index (χ1) is 15.1. The number of rotatable bonds is 7. The fourth-order valence-corrected chi connectivity index (χ4v) is 4.43. The average Bonchev–Trinajstić information content (AvgIpc) is 3.27. The fraction of sp³-hybridized carbons (Fsp3) is 0.364. The molecule has 0 atom stereocenters. The maximum Gasteiger partial charge on any atom is 0.271 e. The molecule has 1 fully saturated rings. The molecule has 0 aromatic carbocycles. The lowest BCUT2D eigenvalue weighted by molar-refractivity contribution is 0.0947. The summed E-state index contributed by atoms with van der Waals surface area (Å²) < 4.78 is 0. The number of aromatic nitrogens is 3. The van der Waals surface area contributed by atoms with Crippen LogP contribution in [0.3, 0.4) is 0 Å². The van der Waals surface area contributed by atoms with E-state index >= 15 is 0 Å². The minimum atomic E-state index is -0.178. The van der Waals surface area contributed by atoms with Gasteiger partial charge in [-0.2, -0.15) is 0 Å². The molecule has 1 saturated heterocycles. The first kappa shape index (κ1) is 21.2. The SMILES string of the molecule is CCCNC(=O)c1ccc(N2CCN(Cc3cc(-c4cncc(O)c4)cs3)CC2)nn1. The van der Waals surface area contributed by atoms with Crippen molar-refractivity contribution in [3.05, 3.63) is 52.6 Å². The number of nitrogens with one attached hydrogen (secondary N) is 1. The maximum atomic E-state index is 12.0. The number of pyridine rings is 1. The molecule has 0 radical (unpaired) electrons. The van der Waals surface area contributed by atoms with E-state index in [0.717, 1.165) is 56.1 Å². The number of amides is 1. The Morgan fingerprint density at radius 2 is 1.97 bits per heavy atom. The van der Waals surface area contributed by atoms with Gasteiger partial charge in [-0.15, -0.1) is 21.5 Å². The van der Waals surface area contributed by atoms with Gasteiger partial charge in [-0.3, -0.25) is 14.7 Å². The molecule has 162 valence electrons. The van der Waals surface area contributed by atoms with E-state index in [-0.39, 0.29) is 11.7 Å². The van der Waals surface area contributed by atoms with Gasteiger partial charge in [-0.1, -0.05) is 6.92 Å². The number of anilines is 1. The number of piperazine rings is 1. The molecule has 0 unspecified atom stereocenters. The quantitative estimate of drug-likeness (QED) is 0.586. The van der Waals surface area contributed by atoms with Crippen molar-refractivity contribution in [3.63, 3.8) is 0 Å². The maximum absolute atomic E-state index is 12.0. The van der Waals surface area contributed by atoms with Crippen molar-refractivity contribution >= 4 is 23.1 Å². The van der Waals surface area contributed by atoms with Crippen LogP contribution in [0.4, 0.5) is 5.82 Å². The molecule has 0 bridgehead atoms. The molecule has 31 heavy (non-hydrogen) atoms. The number of aromatic hydroxyl groups is 1. The highest BCUT2D eigenvalue weighted by Crippen LogP contribution is 2.28. The summed E-state index contributed by atoms with van der Waals surface area (Å²) in [5.74, 6) is 0.808. The number of carbonyl (C=O) groups is 1. The van der Waals surface area contributed by atoms with Crippen molar-refractivity contribution in [3.8, 4) is 16.9 Å². The number of thiophene rings is 1. The van der Waals surface area contributed by atoms with Gasteiger partial charge in [0.05, 0.1) is 6.20 Å². The second kappa shape index (κ2) is 9.84. The fourth-order valence-electron chi connectivity index (χ4n) is 3.50. The van der Waals surface area contributed by atoms with Gasteiger partial charge in [-0.05, 0) is 41.6 Å². The van der Waals surface area contributed by atoms with E-state index in [0.29, 0.717) is 12.2 Å². The van der Waals surface area contributed by atoms with Crippen molar-refractivity contribution in [1.82, 2.24) is 25.4 Å². The average molecular weight is 439 g/mol. The molecule has 0 spiro atoms. The van der Waals surface area contributed by atoms with Crippen LogP contribution >= 0.6 is 11.3 Å². The Morgan fingerprint density at radius 1 is 1.13 bits per heavy atom. The first-order valence-electron chi connectivity index (χ1n) is 10.4. The Kier molecular flexibility index (Phi) is 6.73. The van der Waals surface area contributed by atoms with E-state index in [2.05, 4.69) is 41.7 Å². The van der Waals surface area contributed by atoms with Crippen molar-refractivity contribution in [2.24, 2.45) is 0 Å². The summed E-state index contributed by atoms with van der Waals surface area (Å²) in [4.78, 5) is 21.9. The van der Waals surface area contributed by atoms with E-state index in [4.69, 9.17) is 0 Å². The molecule has 4 heterocycles. The van der Waals surface area contributed by atoms with Gasteiger partial charge in [0, 0.05) is 55.9 Å². The van der Waals surface area contributed by atoms with Gasteiger partial charge in [0.25, 0.3) is 5.91 Å². The minimum absolute atomic E-state index is 0.178. The topological polar surface area (TPSA) is 94.5 Å². The van der Waals surface area contributed by atoms with Crippen molar-refractivity contribution in [2.45, 2.75) is 19.9 Å². The second-order valence-corrected chi connectivity index (χ2v) is 8.53. The smallest absolute Gasteiger partial charge is 0.271 e. The van der Waals surface area contributed by atoms with Crippen LogP contribution in [0.15, 0.2) is 42.0 Å². The molecule has 9 heteroatoms. The van der Waals surface area contributed by atoms with E-state index in [1.54, 1.807) is 29.7 Å². The van der Waals surface area contributed by atoms with Gasteiger partial charge in [0.2, 0.25) is 0 Å². The zero-order valence-electron chi connectivity index (χ0n) is 17.5. The Bertz CT molecular complexity index is 1010. The number of hydrogen-bond donors (Lipinski definition) is 2. The molecule has 3 aromatic heterocycles. The summed E-state index contributed by atoms with van der Waals surface area (Å²) in [7, 11) is 0. The molecule has 8 nitrogen and oxygen atoms in total. The van der Waals surface area contributed by atoms with Crippen LogP contribution in [0.5, 0.6) is 5.75 Å². The largest absolute Gasteiger partial charge is 0.506 e. The summed E-state index contributed by atoms with van der Waals surface area (Å²) in [5.41, 5.74) is 2.37. The molecule has 0 aliphatic carbocycles. The minimum Gasteiger partial charge on any atom is -0.506 e. The normalized spacial score (nSPS) is 14.5. The highest BCUT2D eigenvalue weighted by atomic mass is 32.1. The van der Waals surface area contributed by atoms with Gasteiger partial charge in [0.1, 0.15) is 5.75 Å². The number of nitrogens with zero attached hydrogens (tertiary/aromatic N) is 5. The van der Waals surface area contributed by atoms with Crippen LogP contribution in [-0.4, -0.2) is 63.8 Å². The molecule has 3 aromatic rings. The Morgan fingerprint density at radius 3 is 2.68 bits per heavy atom. The van der Waals surface area contributed by atoms with Gasteiger partial charge in [0.15, 0.2) is 11.5 Å². The van der Waals surface area contributed by atoms with Crippen LogP contribution in [0.2, 0.25) is 0 Å². The Balaban J connectivity index is 1.30. The van der Waals surface area contributed by atoms with Crippen LogP contribution in [-0.2, 0) is 6.54 Å². The van der Waals surface area contributed by atoms with E-state index in [1.807, 2.05) is 13.0 Å². The molecule has 4 rings (SSSR count). The highest BCUT2D eigenvalue weighted by Gasteiger charge is 2.19. The van der Waals surface area contributed by atoms with Crippen molar-refractivity contribution in [1.29, 1.82) is 0 Å². The summed E-state index contributed by atoms with van der Waals surface area (Å²) in [6, 6.07) is 7.51. The van der Waals surface area contributed by atoms with Crippen LogP contribution in [0.1, 0.15) is 28.7 Å². The van der Waals surface area contributed by atoms with Crippen molar-refractivity contribution in [2.75, 3.05) is 37.6 Å². The lowest BCUT2D eigenvalue weighted by Gasteiger charge is -2.34. The molecule has 2 N–H and O–H groups in total. The molecular weight excluding hydrogens is 412 g/mol. The third-order valence-electron chi connectivity index (χ3n) is 5.21. The summed E-state index contributed by atoms with van der Waals surface area (Å²) in [6.45, 7) is 7.14. The van der Waals surface area contributed by atoms with E-state index in [9.17, 15) is 9.90 Å². The molecule has 1 aliphatic heterocycles. The predicted octanol–water partition coefficient (Wildman–Crippen LogP) is 2.77. The zero-order valence-corrected chi connectivity index (χ0v) is 18.3. The van der Waals surface area contributed by atoms with E-state index < -0.39 is 0 Å². The monoisotopic (exact) mass is 438 g/mol. The third-order valence-corrected chi connectivity index (χ3v) is 6.13. The lowest BCUT2D eigenvalue weighted by Crippen LogP contribution is -2.46. The van der Waals surface area contributed by atoms with E-state index in [1.165, 1.54) is 11.1 Å². The zero-order chi connectivity index (χ0) is 21.6. The molecule has 1 amide bonds. The summed E-state index contributed by atoms with van der Waals surface area (Å²) in [5, 5.41) is 22.9. The first-order valence-corrected chi connectivity index (χ1v) is 11.3. The van der Waals surface area contributed by atoms with Gasteiger partial charge in [-0.25, -0.2) is 0 Å². The molecule has 1 aliphatic rings. The predicted molar refractivity (Wildman–Crippen MR) is 121 cm³/mol. The van der Waals surface area contributed by atoms with Gasteiger partial charge < -0.3 is 15.3 Å². The second-order valence-electron chi connectivity index (χ2n) is 7.53. The highest BCUT2D eigenvalue weighted by molar-refractivity contribution is 7.10. The number of carbonyl (C=O) groups excluding carboxylic acids is 1.